The number of hydrogen-bond donors (Lipinski definition) is 1. The average Bonchev–Trinajstić information content (AvgIpc) is 2.83. The molecule has 1 N–H and O–H groups in total. The fourth-order valence-corrected chi connectivity index (χ4v) is 5.17. The first-order valence-electron chi connectivity index (χ1n) is 7.55. The van der Waals surface area contributed by atoms with Crippen molar-refractivity contribution in [2.24, 2.45) is 5.41 Å². The number of ether oxygens (including phenoxy) is 1. The zero-order valence-corrected chi connectivity index (χ0v) is 13.2. The first-order chi connectivity index (χ1) is 8.54. The molecular weight excluding hydrogens is 242 g/mol. The van der Waals surface area contributed by atoms with E-state index < -0.39 is 0 Å². The van der Waals surface area contributed by atoms with Crippen LogP contribution in [-0.2, 0) is 4.74 Å². The van der Waals surface area contributed by atoms with Crippen LogP contribution < -0.4 is 5.32 Å². The Morgan fingerprint density at radius 2 is 2.06 bits per heavy atom. The highest BCUT2D eigenvalue weighted by atomic mass is 32.2. The second kappa shape index (κ2) is 6.15. The molecule has 106 valence electrons. The van der Waals surface area contributed by atoms with Gasteiger partial charge in [0.25, 0.3) is 0 Å². The van der Waals surface area contributed by atoms with E-state index in [0.29, 0.717) is 17.6 Å². The quantitative estimate of drug-likeness (QED) is 0.827. The molecule has 0 aromatic rings. The van der Waals surface area contributed by atoms with Gasteiger partial charge in [-0.15, -0.1) is 0 Å². The van der Waals surface area contributed by atoms with Gasteiger partial charge >= 0.3 is 0 Å². The van der Waals surface area contributed by atoms with Crippen LogP contribution in [0.2, 0.25) is 0 Å². The molecule has 0 aromatic heterocycles. The summed E-state index contributed by atoms with van der Waals surface area (Å²) >= 11 is 2.20. The maximum Gasteiger partial charge on any atom is 0.0666 e. The summed E-state index contributed by atoms with van der Waals surface area (Å²) < 4.78 is 5.70. The van der Waals surface area contributed by atoms with Crippen molar-refractivity contribution in [2.45, 2.75) is 76.0 Å². The average molecular weight is 271 g/mol. The molecule has 2 fully saturated rings. The lowest BCUT2D eigenvalue weighted by atomic mass is 9.87. The topological polar surface area (TPSA) is 21.3 Å². The van der Waals surface area contributed by atoms with E-state index in [-0.39, 0.29) is 0 Å². The Labute approximate surface area is 117 Å². The third-order valence-electron chi connectivity index (χ3n) is 4.56. The van der Waals surface area contributed by atoms with Crippen LogP contribution in [-0.4, -0.2) is 35.8 Å². The van der Waals surface area contributed by atoms with E-state index in [1.165, 1.54) is 25.7 Å². The zero-order valence-electron chi connectivity index (χ0n) is 12.4. The lowest BCUT2D eigenvalue weighted by Crippen LogP contribution is -2.44. The number of rotatable bonds is 5. The van der Waals surface area contributed by atoms with Gasteiger partial charge in [0.05, 0.1) is 6.10 Å². The smallest absolute Gasteiger partial charge is 0.0666 e. The Bertz CT molecular complexity index is 269. The predicted molar refractivity (Wildman–Crippen MR) is 80.3 cm³/mol. The van der Waals surface area contributed by atoms with Gasteiger partial charge in [0.15, 0.2) is 0 Å². The van der Waals surface area contributed by atoms with Crippen molar-refractivity contribution in [1.29, 1.82) is 0 Å². The summed E-state index contributed by atoms with van der Waals surface area (Å²) in [6.45, 7) is 11.5. The molecule has 1 aliphatic heterocycles. The molecule has 0 amide bonds. The molecule has 1 aliphatic carbocycles. The van der Waals surface area contributed by atoms with Crippen LogP contribution in [0.3, 0.4) is 0 Å². The van der Waals surface area contributed by atoms with E-state index in [1.54, 1.807) is 0 Å². The van der Waals surface area contributed by atoms with Crippen LogP contribution in [0.25, 0.3) is 0 Å². The first-order valence-corrected chi connectivity index (χ1v) is 8.49. The lowest BCUT2D eigenvalue weighted by Gasteiger charge is -2.33. The molecule has 1 saturated heterocycles. The number of thioether (sulfide) groups is 1. The number of hydrogen-bond acceptors (Lipinski definition) is 3. The van der Waals surface area contributed by atoms with Crippen LogP contribution in [0, 0.1) is 5.41 Å². The Kier molecular flexibility index (Phi) is 5.01. The minimum Gasteiger partial charge on any atom is -0.377 e. The summed E-state index contributed by atoms with van der Waals surface area (Å²) in [5.74, 6) is 0. The lowest BCUT2D eigenvalue weighted by molar-refractivity contribution is 0.127. The summed E-state index contributed by atoms with van der Waals surface area (Å²) in [7, 11) is 0. The molecule has 0 spiro atoms. The van der Waals surface area contributed by atoms with E-state index in [9.17, 15) is 0 Å². The summed E-state index contributed by atoms with van der Waals surface area (Å²) in [4.78, 5) is 0. The Morgan fingerprint density at radius 3 is 2.67 bits per heavy atom. The van der Waals surface area contributed by atoms with E-state index in [2.05, 4.69) is 44.8 Å². The maximum absolute atomic E-state index is 5.70. The van der Waals surface area contributed by atoms with Crippen LogP contribution in [0.4, 0.5) is 0 Å². The molecule has 4 unspecified atom stereocenters. The van der Waals surface area contributed by atoms with E-state index in [1.807, 2.05) is 0 Å². The van der Waals surface area contributed by atoms with Crippen molar-refractivity contribution in [3.8, 4) is 0 Å². The maximum atomic E-state index is 5.70. The Balaban J connectivity index is 1.93. The Morgan fingerprint density at radius 1 is 1.28 bits per heavy atom. The van der Waals surface area contributed by atoms with Crippen molar-refractivity contribution < 1.29 is 4.74 Å². The van der Waals surface area contributed by atoms with Gasteiger partial charge < -0.3 is 10.1 Å². The van der Waals surface area contributed by atoms with E-state index >= 15 is 0 Å². The van der Waals surface area contributed by atoms with Crippen molar-refractivity contribution in [2.75, 3.05) is 13.2 Å². The van der Waals surface area contributed by atoms with Crippen LogP contribution in [0.5, 0.6) is 0 Å². The molecule has 18 heavy (non-hydrogen) atoms. The van der Waals surface area contributed by atoms with Gasteiger partial charge in [-0.2, -0.15) is 11.8 Å². The van der Waals surface area contributed by atoms with Gasteiger partial charge in [0.1, 0.15) is 0 Å². The minimum absolute atomic E-state index is 0.450. The van der Waals surface area contributed by atoms with Gasteiger partial charge in [0, 0.05) is 23.1 Å². The molecule has 1 saturated carbocycles. The standard InChI is InChI=1S/C15H29NOS/c1-5-9-16-14-13(6-8-15(14,3)4)18-12-7-10-17-11(12)2/h11-14,16H,5-10H2,1-4H3. The van der Waals surface area contributed by atoms with E-state index in [0.717, 1.165) is 23.7 Å². The van der Waals surface area contributed by atoms with Crippen molar-refractivity contribution in [3.63, 3.8) is 0 Å². The molecule has 0 radical (unpaired) electrons. The van der Waals surface area contributed by atoms with Gasteiger partial charge in [-0.3, -0.25) is 0 Å². The van der Waals surface area contributed by atoms with Crippen LogP contribution in [0.1, 0.15) is 53.4 Å². The summed E-state index contributed by atoms with van der Waals surface area (Å²) in [6.07, 6.45) is 5.64. The monoisotopic (exact) mass is 271 g/mol. The summed E-state index contributed by atoms with van der Waals surface area (Å²) in [6, 6.07) is 0.676. The summed E-state index contributed by atoms with van der Waals surface area (Å²) in [5, 5.41) is 5.29. The van der Waals surface area contributed by atoms with Crippen LogP contribution >= 0.6 is 11.8 Å². The zero-order chi connectivity index (χ0) is 13.2. The fraction of sp³-hybridized carbons (Fsp3) is 1.00. The molecule has 3 heteroatoms. The molecular formula is C15H29NOS. The van der Waals surface area contributed by atoms with Gasteiger partial charge in [-0.25, -0.2) is 0 Å². The van der Waals surface area contributed by atoms with Gasteiger partial charge in [-0.1, -0.05) is 20.8 Å². The molecule has 2 aliphatic rings. The third-order valence-corrected chi connectivity index (χ3v) is 6.38. The number of nitrogens with one attached hydrogen (secondary N) is 1. The highest BCUT2D eigenvalue weighted by Gasteiger charge is 2.43. The largest absolute Gasteiger partial charge is 0.377 e. The molecule has 2 nitrogen and oxygen atoms in total. The molecule has 1 heterocycles. The highest BCUT2D eigenvalue weighted by molar-refractivity contribution is 8.00. The predicted octanol–water partition coefficient (Wildman–Crippen LogP) is 3.45. The van der Waals surface area contributed by atoms with E-state index in [4.69, 9.17) is 4.74 Å². The van der Waals surface area contributed by atoms with Crippen molar-refractivity contribution in [1.82, 2.24) is 5.32 Å². The molecule has 0 bridgehead atoms. The highest BCUT2D eigenvalue weighted by Crippen LogP contribution is 2.45. The minimum atomic E-state index is 0.450. The second-order valence-electron chi connectivity index (χ2n) is 6.54. The van der Waals surface area contributed by atoms with Gasteiger partial charge in [-0.05, 0) is 44.6 Å². The molecule has 4 atom stereocenters. The fourth-order valence-electron chi connectivity index (χ4n) is 3.31. The molecule has 2 rings (SSSR count). The normalized spacial score (nSPS) is 39.3. The van der Waals surface area contributed by atoms with Gasteiger partial charge in [0.2, 0.25) is 0 Å². The van der Waals surface area contributed by atoms with Crippen LogP contribution in [0.15, 0.2) is 0 Å². The molecule has 0 aromatic carbocycles. The summed E-state index contributed by atoms with van der Waals surface area (Å²) in [5.41, 5.74) is 0.454. The van der Waals surface area contributed by atoms with Crippen molar-refractivity contribution in [3.05, 3.63) is 0 Å². The van der Waals surface area contributed by atoms with Crippen molar-refractivity contribution >= 4 is 11.8 Å². The first kappa shape index (κ1) is 14.7. The third kappa shape index (κ3) is 3.23. The Hall–Kier alpha value is 0.270. The SMILES string of the molecule is CCCNC1C(SC2CCOC2C)CCC1(C)C. The second-order valence-corrected chi connectivity index (χ2v) is 8.02.